The molecular formula is C14H18FN3. The van der Waals surface area contributed by atoms with Gasteiger partial charge in [0.05, 0.1) is 17.4 Å². The molecule has 0 fully saturated rings. The minimum Gasteiger partial charge on any atom is -0.308 e. The van der Waals surface area contributed by atoms with E-state index in [-0.39, 0.29) is 11.9 Å². The molecule has 1 unspecified atom stereocenters. The van der Waals surface area contributed by atoms with Gasteiger partial charge in [-0.1, -0.05) is 12.1 Å². The molecule has 0 aliphatic carbocycles. The number of aromatic nitrogens is 2. The molecule has 2 rings (SSSR count). The summed E-state index contributed by atoms with van der Waals surface area (Å²) >= 11 is 0. The molecule has 1 aromatic heterocycles. The van der Waals surface area contributed by atoms with Gasteiger partial charge in [0.2, 0.25) is 0 Å². The fraction of sp³-hybridized carbons (Fsp3) is 0.357. The van der Waals surface area contributed by atoms with Crippen molar-refractivity contribution >= 4 is 0 Å². The van der Waals surface area contributed by atoms with Crippen LogP contribution in [-0.2, 0) is 7.05 Å². The van der Waals surface area contributed by atoms with E-state index in [2.05, 4.69) is 10.4 Å². The summed E-state index contributed by atoms with van der Waals surface area (Å²) in [6.07, 6.45) is 0. The van der Waals surface area contributed by atoms with Gasteiger partial charge in [-0.3, -0.25) is 4.68 Å². The van der Waals surface area contributed by atoms with Crippen molar-refractivity contribution in [3.05, 3.63) is 52.6 Å². The lowest BCUT2D eigenvalue weighted by Crippen LogP contribution is -2.20. The van der Waals surface area contributed by atoms with Crippen molar-refractivity contribution in [3.8, 4) is 0 Å². The molecule has 0 aliphatic heterocycles. The van der Waals surface area contributed by atoms with Gasteiger partial charge in [0.25, 0.3) is 0 Å². The molecule has 96 valence electrons. The molecule has 0 saturated heterocycles. The maximum atomic E-state index is 13.3. The second-order valence-electron chi connectivity index (χ2n) is 4.56. The summed E-state index contributed by atoms with van der Waals surface area (Å²) in [5.74, 6) is -0.171. The Bertz CT molecular complexity index is 560. The van der Waals surface area contributed by atoms with Crippen LogP contribution in [0.25, 0.3) is 0 Å². The molecule has 0 aliphatic rings. The third-order valence-electron chi connectivity index (χ3n) is 3.14. The van der Waals surface area contributed by atoms with E-state index in [9.17, 15) is 4.39 Å². The normalized spacial score (nSPS) is 12.7. The number of aryl methyl sites for hydroxylation is 3. The van der Waals surface area contributed by atoms with Gasteiger partial charge >= 0.3 is 0 Å². The summed E-state index contributed by atoms with van der Waals surface area (Å²) in [4.78, 5) is 0. The largest absolute Gasteiger partial charge is 0.308 e. The molecule has 3 nitrogen and oxygen atoms in total. The van der Waals surface area contributed by atoms with Gasteiger partial charge in [0.15, 0.2) is 0 Å². The summed E-state index contributed by atoms with van der Waals surface area (Å²) < 4.78 is 15.2. The first-order valence-electron chi connectivity index (χ1n) is 5.96. The number of nitrogens with zero attached hydrogens (tertiary/aromatic N) is 2. The summed E-state index contributed by atoms with van der Waals surface area (Å²) in [5.41, 5.74) is 3.75. The first-order chi connectivity index (χ1) is 8.52. The highest BCUT2D eigenvalue weighted by molar-refractivity contribution is 5.32. The first-order valence-corrected chi connectivity index (χ1v) is 5.96. The van der Waals surface area contributed by atoms with Crippen molar-refractivity contribution in [1.29, 1.82) is 0 Å². The Balaban J connectivity index is 2.45. The summed E-state index contributed by atoms with van der Waals surface area (Å²) in [6.45, 7) is 3.74. The number of rotatable bonds is 3. The van der Waals surface area contributed by atoms with Gasteiger partial charge < -0.3 is 5.32 Å². The van der Waals surface area contributed by atoms with Crippen LogP contribution >= 0.6 is 0 Å². The predicted molar refractivity (Wildman–Crippen MR) is 70.0 cm³/mol. The van der Waals surface area contributed by atoms with Crippen LogP contribution < -0.4 is 5.32 Å². The average molecular weight is 247 g/mol. The highest BCUT2D eigenvalue weighted by Crippen LogP contribution is 2.23. The maximum absolute atomic E-state index is 13.3. The van der Waals surface area contributed by atoms with Crippen LogP contribution in [0, 0.1) is 19.7 Å². The molecule has 0 amide bonds. The zero-order valence-corrected chi connectivity index (χ0v) is 11.2. The van der Waals surface area contributed by atoms with E-state index in [1.54, 1.807) is 6.92 Å². The number of hydrogen-bond donors (Lipinski definition) is 1. The zero-order chi connectivity index (χ0) is 13.3. The highest BCUT2D eigenvalue weighted by Gasteiger charge is 2.17. The molecule has 1 aromatic carbocycles. The second-order valence-corrected chi connectivity index (χ2v) is 4.56. The van der Waals surface area contributed by atoms with Gasteiger partial charge in [-0.2, -0.15) is 5.10 Å². The standard InChI is InChI=1S/C14H18FN3/c1-9-7-11(5-6-12(9)15)14(16-3)13-8-10(2)17-18(13)4/h5-8,14,16H,1-4H3. The van der Waals surface area contributed by atoms with Gasteiger partial charge in [-0.15, -0.1) is 0 Å². The second kappa shape index (κ2) is 4.90. The molecule has 1 N–H and O–H groups in total. The Kier molecular flexibility index (Phi) is 3.48. The fourth-order valence-electron chi connectivity index (χ4n) is 2.23. The molecule has 2 aromatic rings. The van der Waals surface area contributed by atoms with Crippen LogP contribution in [0.3, 0.4) is 0 Å². The lowest BCUT2D eigenvalue weighted by Gasteiger charge is -2.17. The number of hydrogen-bond acceptors (Lipinski definition) is 2. The van der Waals surface area contributed by atoms with Gasteiger partial charge in [-0.05, 0) is 44.2 Å². The molecule has 0 radical (unpaired) electrons. The van der Waals surface area contributed by atoms with Crippen molar-refractivity contribution in [3.63, 3.8) is 0 Å². The fourth-order valence-corrected chi connectivity index (χ4v) is 2.23. The van der Waals surface area contributed by atoms with Crippen molar-refractivity contribution in [1.82, 2.24) is 15.1 Å². The molecule has 0 bridgehead atoms. The van der Waals surface area contributed by atoms with E-state index in [1.807, 2.05) is 43.9 Å². The smallest absolute Gasteiger partial charge is 0.126 e. The summed E-state index contributed by atoms with van der Waals surface area (Å²) in [7, 11) is 3.81. The molecule has 1 heterocycles. The number of nitrogens with one attached hydrogen (secondary N) is 1. The van der Waals surface area contributed by atoms with Gasteiger partial charge in [-0.25, -0.2) is 4.39 Å². The Hall–Kier alpha value is -1.68. The Morgan fingerprint density at radius 3 is 2.50 bits per heavy atom. The molecule has 4 heteroatoms. The van der Waals surface area contributed by atoms with Crippen LogP contribution in [0.15, 0.2) is 24.3 Å². The van der Waals surface area contributed by atoms with E-state index >= 15 is 0 Å². The topological polar surface area (TPSA) is 29.9 Å². The Labute approximate surface area is 107 Å². The third kappa shape index (κ3) is 2.29. The van der Waals surface area contributed by atoms with Crippen molar-refractivity contribution in [2.24, 2.45) is 7.05 Å². The van der Waals surface area contributed by atoms with Gasteiger partial charge in [0, 0.05) is 7.05 Å². The Morgan fingerprint density at radius 1 is 1.28 bits per heavy atom. The van der Waals surface area contributed by atoms with E-state index in [0.29, 0.717) is 5.56 Å². The number of halogens is 1. The Morgan fingerprint density at radius 2 is 2.00 bits per heavy atom. The van der Waals surface area contributed by atoms with Crippen molar-refractivity contribution < 1.29 is 4.39 Å². The lowest BCUT2D eigenvalue weighted by molar-refractivity contribution is 0.595. The molecular weight excluding hydrogens is 229 g/mol. The van der Waals surface area contributed by atoms with E-state index in [4.69, 9.17) is 0 Å². The van der Waals surface area contributed by atoms with E-state index in [0.717, 1.165) is 17.0 Å². The van der Waals surface area contributed by atoms with Crippen LogP contribution in [0.1, 0.15) is 28.6 Å². The third-order valence-corrected chi connectivity index (χ3v) is 3.14. The average Bonchev–Trinajstić information content (AvgIpc) is 2.64. The first kappa shape index (κ1) is 12.8. The highest BCUT2D eigenvalue weighted by atomic mass is 19.1. The number of benzene rings is 1. The SMILES string of the molecule is CNC(c1ccc(F)c(C)c1)c1cc(C)nn1C. The van der Waals surface area contributed by atoms with E-state index in [1.165, 1.54) is 6.07 Å². The van der Waals surface area contributed by atoms with Crippen LogP contribution in [0.4, 0.5) is 4.39 Å². The predicted octanol–water partition coefficient (Wildman–Crippen LogP) is 2.48. The molecule has 1 atom stereocenters. The van der Waals surface area contributed by atoms with E-state index < -0.39 is 0 Å². The quantitative estimate of drug-likeness (QED) is 0.903. The zero-order valence-electron chi connectivity index (χ0n) is 11.2. The molecule has 0 spiro atoms. The maximum Gasteiger partial charge on any atom is 0.126 e. The van der Waals surface area contributed by atoms with Crippen molar-refractivity contribution in [2.75, 3.05) is 7.05 Å². The minimum absolute atomic E-state index is 0.0236. The van der Waals surface area contributed by atoms with Crippen LogP contribution in [-0.4, -0.2) is 16.8 Å². The summed E-state index contributed by atoms with van der Waals surface area (Å²) in [6, 6.07) is 7.26. The molecule has 0 saturated carbocycles. The minimum atomic E-state index is -0.171. The summed E-state index contributed by atoms with van der Waals surface area (Å²) in [5, 5.41) is 7.60. The molecule has 18 heavy (non-hydrogen) atoms. The van der Waals surface area contributed by atoms with Crippen molar-refractivity contribution in [2.45, 2.75) is 19.9 Å². The van der Waals surface area contributed by atoms with Gasteiger partial charge in [0.1, 0.15) is 5.82 Å². The van der Waals surface area contributed by atoms with Crippen LogP contribution in [0.5, 0.6) is 0 Å². The van der Waals surface area contributed by atoms with Crippen LogP contribution in [0.2, 0.25) is 0 Å². The lowest BCUT2D eigenvalue weighted by atomic mass is 10.0. The monoisotopic (exact) mass is 247 g/mol.